The first-order valence-electron chi connectivity index (χ1n) is 11.0. The number of hydrogen-bond acceptors (Lipinski definition) is 5. The van der Waals surface area contributed by atoms with Gasteiger partial charge in [0.15, 0.2) is 6.17 Å². The highest BCUT2D eigenvalue weighted by Crippen LogP contribution is 2.33. The monoisotopic (exact) mass is 483 g/mol. The van der Waals surface area contributed by atoms with E-state index in [1.54, 1.807) is 40.0 Å². The largest absolute Gasteiger partial charge is 0.360 e. The summed E-state index contributed by atoms with van der Waals surface area (Å²) < 4.78 is 43.3. The second-order valence-corrected chi connectivity index (χ2v) is 11.4. The molecule has 5 rings (SSSR count). The molecule has 0 saturated carbocycles. The fraction of sp³-hybridized carbons (Fsp3) is 0.333. The van der Waals surface area contributed by atoms with Crippen molar-refractivity contribution in [1.82, 2.24) is 19.4 Å². The van der Waals surface area contributed by atoms with Crippen LogP contribution in [0.5, 0.6) is 0 Å². The van der Waals surface area contributed by atoms with Gasteiger partial charge >= 0.3 is 0 Å². The van der Waals surface area contributed by atoms with E-state index < -0.39 is 16.2 Å². The van der Waals surface area contributed by atoms with Crippen LogP contribution in [0.15, 0.2) is 53.6 Å². The Bertz CT molecular complexity index is 1380. The molecule has 0 spiro atoms. The molecule has 2 aromatic carbocycles. The van der Waals surface area contributed by atoms with Gasteiger partial charge in [0.2, 0.25) is 10.0 Å². The van der Waals surface area contributed by atoms with Gasteiger partial charge < -0.3 is 10.2 Å². The van der Waals surface area contributed by atoms with Crippen LogP contribution in [0.1, 0.15) is 30.7 Å². The highest BCUT2D eigenvalue weighted by Gasteiger charge is 2.39. The maximum atomic E-state index is 13.6. The van der Waals surface area contributed by atoms with Crippen molar-refractivity contribution in [2.45, 2.75) is 44.8 Å². The summed E-state index contributed by atoms with van der Waals surface area (Å²) in [5.41, 5.74) is 3.57. The van der Waals surface area contributed by atoms with Crippen LogP contribution in [0.2, 0.25) is 0 Å². The molecule has 0 fully saturated rings. The Balaban J connectivity index is 1.46. The average molecular weight is 484 g/mol. The molecule has 0 saturated heterocycles. The highest BCUT2D eigenvalue weighted by molar-refractivity contribution is 7.89. The van der Waals surface area contributed by atoms with Crippen molar-refractivity contribution in [2.75, 3.05) is 11.9 Å². The van der Waals surface area contributed by atoms with Crippen molar-refractivity contribution >= 4 is 21.6 Å². The number of carbonyl (C=O) groups is 1. The molecular formula is C24H26FN5O3S. The first-order valence-corrected chi connectivity index (χ1v) is 12.5. The van der Waals surface area contributed by atoms with Gasteiger partial charge in [-0.2, -0.15) is 9.82 Å². The number of amides is 1. The number of halogens is 1. The molecule has 3 aromatic rings. The van der Waals surface area contributed by atoms with E-state index in [-0.39, 0.29) is 22.0 Å². The molecule has 2 N–H and O–H groups in total. The molecule has 1 unspecified atom stereocenters. The van der Waals surface area contributed by atoms with Gasteiger partial charge in [-0.25, -0.2) is 17.5 Å². The van der Waals surface area contributed by atoms with E-state index in [0.717, 1.165) is 22.5 Å². The van der Waals surface area contributed by atoms with Gasteiger partial charge in [-0.15, -0.1) is 0 Å². The zero-order valence-corrected chi connectivity index (χ0v) is 20.0. The molecule has 178 valence electrons. The van der Waals surface area contributed by atoms with Crippen LogP contribution in [0.3, 0.4) is 0 Å². The fourth-order valence-electron chi connectivity index (χ4n) is 4.67. The normalized spacial score (nSPS) is 20.6. The number of aryl methyl sites for hydroxylation is 1. The number of fused-ring (bicyclic) bond motifs is 2. The molecule has 0 radical (unpaired) electrons. The number of benzene rings is 2. The lowest BCUT2D eigenvalue weighted by molar-refractivity contribution is -0.134. The van der Waals surface area contributed by atoms with Crippen LogP contribution in [-0.2, 0) is 27.8 Å². The van der Waals surface area contributed by atoms with Crippen molar-refractivity contribution in [2.24, 2.45) is 5.41 Å². The van der Waals surface area contributed by atoms with E-state index in [1.807, 2.05) is 6.92 Å². The fourth-order valence-corrected chi connectivity index (χ4v) is 5.92. The summed E-state index contributed by atoms with van der Waals surface area (Å²) in [5, 5.41) is 7.56. The second kappa shape index (κ2) is 7.92. The summed E-state index contributed by atoms with van der Waals surface area (Å²) >= 11 is 0. The number of sulfonamides is 1. The maximum absolute atomic E-state index is 13.6. The minimum Gasteiger partial charge on any atom is -0.360 e. The van der Waals surface area contributed by atoms with E-state index in [1.165, 1.54) is 18.2 Å². The number of aromatic nitrogens is 2. The Kier molecular flexibility index (Phi) is 5.25. The summed E-state index contributed by atoms with van der Waals surface area (Å²) in [4.78, 5) is 15.4. The van der Waals surface area contributed by atoms with Gasteiger partial charge in [-0.3, -0.25) is 4.79 Å². The summed E-state index contributed by atoms with van der Waals surface area (Å²) in [6.45, 7) is 6.71. The standard InChI is InChI=1S/C24H26FN5O3S/c1-15-4-9-21-19(10-15)27-22(28-34(21,32)33)23(31)29-13-16-12-26-30(18-7-5-17(25)6-8-18)20(16)11-24(2,3)14-29/h4-10,12,22,27-28H,11,13-14H2,1-3H3. The zero-order chi connectivity index (χ0) is 24.3. The topological polar surface area (TPSA) is 96.3 Å². The Morgan fingerprint density at radius 1 is 1.18 bits per heavy atom. The molecule has 1 amide bonds. The van der Waals surface area contributed by atoms with Crippen LogP contribution in [0, 0.1) is 18.2 Å². The van der Waals surface area contributed by atoms with Gasteiger partial charge in [-0.05, 0) is 60.7 Å². The summed E-state index contributed by atoms with van der Waals surface area (Å²) in [6, 6.07) is 11.1. The van der Waals surface area contributed by atoms with Gasteiger partial charge in [0, 0.05) is 24.3 Å². The van der Waals surface area contributed by atoms with Gasteiger partial charge in [0.25, 0.3) is 5.91 Å². The van der Waals surface area contributed by atoms with E-state index >= 15 is 0 Å². The van der Waals surface area contributed by atoms with Crippen molar-refractivity contribution in [3.63, 3.8) is 0 Å². The van der Waals surface area contributed by atoms with Crippen LogP contribution < -0.4 is 10.0 Å². The Morgan fingerprint density at radius 2 is 1.91 bits per heavy atom. The lowest BCUT2D eigenvalue weighted by Gasteiger charge is -2.34. The number of nitrogens with one attached hydrogen (secondary N) is 2. The van der Waals surface area contributed by atoms with Crippen LogP contribution >= 0.6 is 0 Å². The van der Waals surface area contributed by atoms with E-state index in [2.05, 4.69) is 29.0 Å². The third kappa shape index (κ3) is 4.07. The van der Waals surface area contributed by atoms with Crippen molar-refractivity contribution in [3.8, 4) is 5.69 Å². The summed E-state index contributed by atoms with van der Waals surface area (Å²) in [7, 11) is -3.83. The van der Waals surface area contributed by atoms with Gasteiger partial charge in [-0.1, -0.05) is 19.9 Å². The molecule has 10 heteroatoms. The number of rotatable bonds is 2. The Labute approximate surface area is 197 Å². The highest BCUT2D eigenvalue weighted by atomic mass is 32.2. The van der Waals surface area contributed by atoms with Gasteiger partial charge in [0.05, 0.1) is 17.6 Å². The van der Waals surface area contributed by atoms with Crippen LogP contribution in [0.4, 0.5) is 10.1 Å². The van der Waals surface area contributed by atoms with E-state index in [0.29, 0.717) is 25.2 Å². The molecule has 1 atom stereocenters. The van der Waals surface area contributed by atoms with Crippen LogP contribution in [0.25, 0.3) is 5.69 Å². The molecular weight excluding hydrogens is 457 g/mol. The van der Waals surface area contributed by atoms with Gasteiger partial charge in [0.1, 0.15) is 10.7 Å². The quantitative estimate of drug-likeness (QED) is 0.584. The lowest BCUT2D eigenvalue weighted by atomic mass is 9.87. The molecule has 34 heavy (non-hydrogen) atoms. The third-order valence-corrected chi connectivity index (χ3v) is 7.69. The molecule has 0 bridgehead atoms. The first kappa shape index (κ1) is 22.5. The molecule has 2 aliphatic heterocycles. The lowest BCUT2D eigenvalue weighted by Crippen LogP contribution is -2.55. The van der Waals surface area contributed by atoms with Crippen molar-refractivity contribution in [1.29, 1.82) is 0 Å². The van der Waals surface area contributed by atoms with E-state index in [4.69, 9.17) is 0 Å². The molecule has 1 aromatic heterocycles. The second-order valence-electron chi connectivity index (χ2n) is 9.74. The predicted molar refractivity (Wildman–Crippen MR) is 125 cm³/mol. The Morgan fingerprint density at radius 3 is 2.65 bits per heavy atom. The zero-order valence-electron chi connectivity index (χ0n) is 19.2. The number of anilines is 1. The summed E-state index contributed by atoms with van der Waals surface area (Å²) in [5.74, 6) is -0.676. The number of carbonyl (C=O) groups excluding carboxylic acids is 1. The predicted octanol–water partition coefficient (Wildman–Crippen LogP) is 2.96. The SMILES string of the molecule is Cc1ccc2c(c1)NC(C(=O)N1Cc3cnn(-c4ccc(F)cc4)c3CC(C)(C)C1)NS2(=O)=O. The van der Waals surface area contributed by atoms with E-state index in [9.17, 15) is 17.6 Å². The number of hydrogen-bond donors (Lipinski definition) is 2. The maximum Gasteiger partial charge on any atom is 0.261 e. The smallest absolute Gasteiger partial charge is 0.261 e. The third-order valence-electron chi connectivity index (χ3n) is 6.21. The molecule has 0 aliphatic carbocycles. The number of nitrogens with zero attached hydrogens (tertiary/aromatic N) is 3. The van der Waals surface area contributed by atoms with Crippen LogP contribution in [-0.4, -0.2) is 41.7 Å². The first-order chi connectivity index (χ1) is 16.0. The minimum absolute atomic E-state index is 0.126. The average Bonchev–Trinajstić information content (AvgIpc) is 3.07. The molecule has 3 heterocycles. The molecule has 8 nitrogen and oxygen atoms in total. The minimum atomic E-state index is -3.83. The summed E-state index contributed by atoms with van der Waals surface area (Å²) in [6.07, 6.45) is 1.26. The van der Waals surface area contributed by atoms with Crippen molar-refractivity contribution in [3.05, 3.63) is 71.3 Å². The Hall–Kier alpha value is -3.24. The molecule has 2 aliphatic rings. The van der Waals surface area contributed by atoms with Crippen molar-refractivity contribution < 1.29 is 17.6 Å².